The van der Waals surface area contributed by atoms with E-state index in [1.54, 1.807) is 25.1 Å². The number of ether oxygens (including phenoxy) is 2. The van der Waals surface area contributed by atoms with E-state index in [1.165, 1.54) is 14.2 Å². The predicted molar refractivity (Wildman–Crippen MR) is 98.0 cm³/mol. The average molecular weight is 360 g/mol. The molecule has 2 aromatic carbocycles. The molecule has 0 fully saturated rings. The first-order valence-electron chi connectivity index (χ1n) is 7.75. The Kier molecular flexibility index (Phi) is 6.54. The third-order valence-electron chi connectivity index (χ3n) is 4.10. The summed E-state index contributed by atoms with van der Waals surface area (Å²) in [4.78, 5) is 25.5. The van der Waals surface area contributed by atoms with Crippen LogP contribution in [0.5, 0.6) is 11.5 Å². The molecule has 0 aliphatic rings. The van der Waals surface area contributed by atoms with Crippen molar-refractivity contribution in [2.45, 2.75) is 12.8 Å². The van der Waals surface area contributed by atoms with Crippen molar-refractivity contribution >= 4 is 21.2 Å². The molecule has 3 unspecified atom stereocenters. The van der Waals surface area contributed by atoms with Crippen LogP contribution in [0.3, 0.4) is 0 Å². The lowest BCUT2D eigenvalue weighted by Gasteiger charge is -2.23. The number of hydrogen-bond acceptors (Lipinski definition) is 5. The van der Waals surface area contributed by atoms with E-state index in [4.69, 9.17) is 14.0 Å². The van der Waals surface area contributed by atoms with Gasteiger partial charge >= 0.3 is 5.97 Å². The number of Topliss-reactive ketones (excluding diaryl/α,β-unsaturated/α-hetero) is 1. The lowest BCUT2D eigenvalue weighted by molar-refractivity contribution is -0.137. The van der Waals surface area contributed by atoms with Crippen molar-refractivity contribution in [3.63, 3.8) is 0 Å². The van der Waals surface area contributed by atoms with Gasteiger partial charge in [-0.3, -0.25) is 9.59 Å². The molecule has 2 aromatic rings. The van der Waals surface area contributed by atoms with Gasteiger partial charge in [-0.2, -0.15) is 0 Å². The van der Waals surface area contributed by atoms with Crippen LogP contribution in [0.2, 0.25) is 0 Å². The molecule has 0 N–H and O–H groups in total. The van der Waals surface area contributed by atoms with E-state index in [2.05, 4.69) is 0 Å². The van der Waals surface area contributed by atoms with Gasteiger partial charge in [0.15, 0.2) is 5.78 Å². The molecule has 132 valence electrons. The molecule has 3 atom stereocenters. The summed E-state index contributed by atoms with van der Waals surface area (Å²) in [6, 6.07) is 14.3. The topological polar surface area (TPSA) is 61.8 Å². The molecule has 0 bridgehead atoms. The van der Waals surface area contributed by atoms with Gasteiger partial charge in [-0.05, 0) is 17.7 Å². The molecule has 0 radical (unpaired) electrons. The Morgan fingerprint density at radius 1 is 0.920 bits per heavy atom. The lowest BCUT2D eigenvalue weighted by atomic mass is 9.81. The highest BCUT2D eigenvalue weighted by Crippen LogP contribution is 2.37. The van der Waals surface area contributed by atoms with Gasteiger partial charge in [-0.1, -0.05) is 43.3 Å². The largest absolute Gasteiger partial charge is 0.496 e. The number of ketones is 1. The summed E-state index contributed by atoms with van der Waals surface area (Å²) in [5.74, 6) is -1.35. The Labute approximate surface area is 149 Å². The van der Waals surface area contributed by atoms with Crippen LogP contribution >= 0.6 is 9.47 Å². The predicted octanol–water partition coefficient (Wildman–Crippen LogP) is 3.64. The molecule has 2 rings (SSSR count). The minimum absolute atomic E-state index is 0.261. The van der Waals surface area contributed by atoms with Crippen LogP contribution in [-0.4, -0.2) is 26.0 Å². The molecule has 0 aliphatic carbocycles. The Balaban J connectivity index is 2.59. The second kappa shape index (κ2) is 8.63. The van der Waals surface area contributed by atoms with Crippen LogP contribution in [0.15, 0.2) is 48.5 Å². The van der Waals surface area contributed by atoms with Gasteiger partial charge in [0.2, 0.25) is 0 Å². The number of rotatable bonds is 7. The molecule has 0 aliphatic heterocycles. The Morgan fingerprint density at radius 3 is 1.96 bits per heavy atom. The second-order valence-corrected chi connectivity index (χ2v) is 5.75. The van der Waals surface area contributed by atoms with Crippen LogP contribution in [0, 0.1) is 5.92 Å². The lowest BCUT2D eigenvalue weighted by Crippen LogP contribution is -2.27. The number of carbonyl (C=O) groups is 2. The molecule has 0 heterocycles. The van der Waals surface area contributed by atoms with E-state index in [0.29, 0.717) is 17.1 Å². The summed E-state index contributed by atoms with van der Waals surface area (Å²) in [5.41, 5.74) is 1.04. The Bertz CT molecular complexity index is 722. The van der Waals surface area contributed by atoms with Crippen LogP contribution < -0.4 is 9.47 Å². The highest BCUT2D eigenvalue weighted by molar-refractivity contribution is 7.10. The van der Waals surface area contributed by atoms with Crippen LogP contribution in [-0.2, 0) is 9.32 Å². The van der Waals surface area contributed by atoms with Gasteiger partial charge in [-0.25, -0.2) is 0 Å². The fourth-order valence-corrected chi connectivity index (χ4v) is 3.04. The van der Waals surface area contributed by atoms with E-state index in [-0.39, 0.29) is 5.78 Å². The van der Waals surface area contributed by atoms with Crippen molar-refractivity contribution in [2.24, 2.45) is 5.92 Å². The van der Waals surface area contributed by atoms with Crippen LogP contribution in [0.1, 0.15) is 28.8 Å². The summed E-state index contributed by atoms with van der Waals surface area (Å²) in [5, 5.41) is 0. The van der Waals surface area contributed by atoms with E-state index in [1.807, 2.05) is 39.8 Å². The molecule has 0 amide bonds. The standard InChI is InChI=1S/C19H21O5P/c1-12(19(21)24-25)16(13-8-5-4-6-9-13)18(20)17-14(22-2)10-7-11-15(17)23-3/h4-12,16H,25H2,1-3H3. The van der Waals surface area contributed by atoms with Gasteiger partial charge in [-0.15, -0.1) is 0 Å². The maximum absolute atomic E-state index is 13.4. The van der Waals surface area contributed by atoms with E-state index >= 15 is 0 Å². The van der Waals surface area contributed by atoms with Crippen LogP contribution in [0.4, 0.5) is 0 Å². The fourth-order valence-electron chi connectivity index (χ4n) is 2.82. The molecule has 25 heavy (non-hydrogen) atoms. The highest BCUT2D eigenvalue weighted by Gasteiger charge is 2.35. The minimum atomic E-state index is -0.723. The number of methoxy groups -OCH3 is 2. The smallest absolute Gasteiger partial charge is 0.311 e. The zero-order chi connectivity index (χ0) is 18.4. The molecule has 0 saturated heterocycles. The Hall–Kier alpha value is -2.39. The summed E-state index contributed by atoms with van der Waals surface area (Å²) < 4.78 is 15.5. The zero-order valence-electron chi connectivity index (χ0n) is 14.4. The van der Waals surface area contributed by atoms with Gasteiger partial charge in [0.05, 0.1) is 35.5 Å². The quantitative estimate of drug-likeness (QED) is 0.557. The third-order valence-corrected chi connectivity index (χ3v) is 4.34. The summed E-state index contributed by atoms with van der Waals surface area (Å²) >= 11 is 0. The molecule has 5 nitrogen and oxygen atoms in total. The van der Waals surface area contributed by atoms with E-state index in [0.717, 1.165) is 5.56 Å². The molecular formula is C19H21O5P. The minimum Gasteiger partial charge on any atom is -0.496 e. The second-order valence-electron chi connectivity index (χ2n) is 5.52. The van der Waals surface area contributed by atoms with Crippen molar-refractivity contribution in [2.75, 3.05) is 14.2 Å². The summed E-state index contributed by atoms with van der Waals surface area (Å²) in [7, 11) is 4.91. The highest BCUT2D eigenvalue weighted by atomic mass is 31.0. The first-order chi connectivity index (χ1) is 12.0. The average Bonchev–Trinajstić information content (AvgIpc) is 2.67. The van der Waals surface area contributed by atoms with E-state index < -0.39 is 17.8 Å². The SMILES string of the molecule is COc1cccc(OC)c1C(=O)C(c1ccccc1)C(C)C(=O)OP. The van der Waals surface area contributed by atoms with Crippen molar-refractivity contribution in [3.8, 4) is 11.5 Å². The molecule has 0 spiro atoms. The third kappa shape index (κ3) is 3.99. The maximum Gasteiger partial charge on any atom is 0.311 e. The summed E-state index contributed by atoms with van der Waals surface area (Å²) in [6.07, 6.45) is 0. The molecule has 0 aromatic heterocycles. The van der Waals surface area contributed by atoms with Gasteiger partial charge in [0.25, 0.3) is 0 Å². The van der Waals surface area contributed by atoms with Crippen LogP contribution in [0.25, 0.3) is 0 Å². The van der Waals surface area contributed by atoms with Crippen molar-refractivity contribution in [3.05, 3.63) is 59.7 Å². The first-order valence-corrected chi connectivity index (χ1v) is 8.23. The number of hydrogen-bond donors (Lipinski definition) is 0. The normalized spacial score (nSPS) is 12.8. The molecule has 0 saturated carbocycles. The first kappa shape index (κ1) is 18.9. The van der Waals surface area contributed by atoms with E-state index in [9.17, 15) is 9.59 Å². The van der Waals surface area contributed by atoms with Crippen molar-refractivity contribution in [1.82, 2.24) is 0 Å². The van der Waals surface area contributed by atoms with Gasteiger partial charge in [0, 0.05) is 0 Å². The van der Waals surface area contributed by atoms with Gasteiger partial charge in [0.1, 0.15) is 17.1 Å². The molecule has 6 heteroatoms. The molecular weight excluding hydrogens is 339 g/mol. The fraction of sp³-hybridized carbons (Fsp3) is 0.263. The Morgan fingerprint density at radius 2 is 1.48 bits per heavy atom. The van der Waals surface area contributed by atoms with Crippen molar-refractivity contribution in [1.29, 1.82) is 0 Å². The number of benzene rings is 2. The summed E-state index contributed by atoms with van der Waals surface area (Å²) in [6.45, 7) is 1.67. The maximum atomic E-state index is 13.4. The number of carbonyl (C=O) groups excluding carboxylic acids is 2. The zero-order valence-corrected chi connectivity index (χ0v) is 15.5. The monoisotopic (exact) mass is 360 g/mol. The van der Waals surface area contributed by atoms with Gasteiger partial charge < -0.3 is 14.0 Å². The van der Waals surface area contributed by atoms with Crippen molar-refractivity contribution < 1.29 is 23.6 Å².